The van der Waals surface area contributed by atoms with E-state index in [1.165, 1.54) is 0 Å². The van der Waals surface area contributed by atoms with Crippen LogP contribution < -0.4 is 5.32 Å². The Balaban J connectivity index is 1.67. The third-order valence-corrected chi connectivity index (χ3v) is 3.62. The zero-order chi connectivity index (χ0) is 16.2. The number of nitriles is 1. The van der Waals surface area contributed by atoms with Gasteiger partial charge in [-0.05, 0) is 37.3 Å². The molecule has 2 aromatic carbocycles. The van der Waals surface area contributed by atoms with Gasteiger partial charge in [-0.3, -0.25) is 4.79 Å². The highest BCUT2D eigenvalue weighted by Crippen LogP contribution is 2.19. The fourth-order valence-corrected chi connectivity index (χ4v) is 2.53. The number of nitrogens with one attached hydrogen (secondary N) is 1. The van der Waals surface area contributed by atoms with E-state index in [0.29, 0.717) is 17.5 Å². The zero-order valence-electron chi connectivity index (χ0n) is 12.7. The van der Waals surface area contributed by atoms with Crippen LogP contribution in [0.5, 0.6) is 0 Å². The van der Waals surface area contributed by atoms with Gasteiger partial charge in [-0.1, -0.05) is 24.3 Å². The Morgan fingerprint density at radius 3 is 2.83 bits per heavy atom. The van der Waals surface area contributed by atoms with Gasteiger partial charge in [0.05, 0.1) is 11.6 Å². The van der Waals surface area contributed by atoms with E-state index < -0.39 is 0 Å². The van der Waals surface area contributed by atoms with Gasteiger partial charge in [-0.15, -0.1) is 0 Å². The number of hydrogen-bond acceptors (Lipinski definition) is 3. The molecule has 1 amide bonds. The lowest BCUT2D eigenvalue weighted by atomic mass is 10.1. The standard InChI is InChI=1S/C19H16N2O2/c1-13(9-17-11-15-6-2-3-8-18(15)23-17)21-19(22)16-7-4-5-14(10-16)12-20/h2-8,10-11,13H,9H2,1H3,(H,21,22)/t13-/m0/s1. The monoisotopic (exact) mass is 304 g/mol. The zero-order valence-corrected chi connectivity index (χ0v) is 12.7. The number of amides is 1. The van der Waals surface area contributed by atoms with Crippen LogP contribution in [0.2, 0.25) is 0 Å². The first kappa shape index (κ1) is 14.9. The predicted octanol–water partition coefficient (Wildman–Crippen LogP) is 3.67. The molecule has 114 valence electrons. The summed E-state index contributed by atoms with van der Waals surface area (Å²) in [7, 11) is 0. The topological polar surface area (TPSA) is 66.0 Å². The lowest BCUT2D eigenvalue weighted by Crippen LogP contribution is -2.34. The maximum Gasteiger partial charge on any atom is 0.251 e. The Labute approximate surface area is 134 Å². The molecule has 0 aliphatic heterocycles. The van der Waals surface area contributed by atoms with Crippen molar-refractivity contribution in [1.29, 1.82) is 5.26 Å². The molecule has 4 nitrogen and oxygen atoms in total. The summed E-state index contributed by atoms with van der Waals surface area (Å²) >= 11 is 0. The molecular formula is C19H16N2O2. The van der Waals surface area contributed by atoms with Crippen molar-refractivity contribution in [3.63, 3.8) is 0 Å². The van der Waals surface area contributed by atoms with Crippen LogP contribution in [0, 0.1) is 11.3 Å². The fraction of sp³-hybridized carbons (Fsp3) is 0.158. The van der Waals surface area contributed by atoms with Gasteiger partial charge in [0.25, 0.3) is 5.91 Å². The van der Waals surface area contributed by atoms with E-state index in [4.69, 9.17) is 9.68 Å². The molecule has 0 unspecified atom stereocenters. The second kappa shape index (κ2) is 6.37. The Kier molecular flexibility index (Phi) is 4.11. The molecule has 0 fully saturated rings. The van der Waals surface area contributed by atoms with E-state index in [9.17, 15) is 4.79 Å². The summed E-state index contributed by atoms with van der Waals surface area (Å²) in [6.45, 7) is 1.93. The van der Waals surface area contributed by atoms with Crippen LogP contribution in [0.15, 0.2) is 59.0 Å². The number of rotatable bonds is 4. The van der Waals surface area contributed by atoms with Crippen LogP contribution in [0.25, 0.3) is 11.0 Å². The van der Waals surface area contributed by atoms with Gasteiger partial charge in [-0.2, -0.15) is 5.26 Å². The first-order valence-corrected chi connectivity index (χ1v) is 7.44. The molecule has 0 saturated carbocycles. The molecule has 3 aromatic rings. The first-order valence-electron chi connectivity index (χ1n) is 7.44. The molecule has 3 rings (SSSR count). The van der Waals surface area contributed by atoms with Crippen molar-refractivity contribution in [2.75, 3.05) is 0 Å². The summed E-state index contributed by atoms with van der Waals surface area (Å²) < 4.78 is 5.77. The van der Waals surface area contributed by atoms with Gasteiger partial charge in [0.2, 0.25) is 0 Å². The molecule has 0 bridgehead atoms. The van der Waals surface area contributed by atoms with Crippen molar-refractivity contribution in [3.8, 4) is 6.07 Å². The van der Waals surface area contributed by atoms with E-state index in [1.54, 1.807) is 24.3 Å². The second-order valence-electron chi connectivity index (χ2n) is 5.52. The quantitative estimate of drug-likeness (QED) is 0.799. The number of carbonyl (C=O) groups excluding carboxylic acids is 1. The Morgan fingerprint density at radius 2 is 2.04 bits per heavy atom. The number of para-hydroxylation sites is 1. The maximum absolute atomic E-state index is 12.2. The van der Waals surface area contributed by atoms with E-state index >= 15 is 0 Å². The number of benzene rings is 2. The first-order chi connectivity index (χ1) is 11.2. The number of furan rings is 1. The van der Waals surface area contributed by atoms with Crippen LogP contribution in [0.1, 0.15) is 28.6 Å². The summed E-state index contributed by atoms with van der Waals surface area (Å²) in [5, 5.41) is 12.9. The second-order valence-corrected chi connectivity index (χ2v) is 5.52. The summed E-state index contributed by atoms with van der Waals surface area (Å²) in [4.78, 5) is 12.2. The minimum atomic E-state index is -0.189. The van der Waals surface area contributed by atoms with E-state index in [2.05, 4.69) is 5.32 Å². The van der Waals surface area contributed by atoms with Crippen molar-refractivity contribution in [1.82, 2.24) is 5.32 Å². The van der Waals surface area contributed by atoms with Crippen molar-refractivity contribution >= 4 is 16.9 Å². The molecule has 1 aromatic heterocycles. The normalized spacial score (nSPS) is 11.8. The number of fused-ring (bicyclic) bond motifs is 1. The Bertz CT molecular complexity index is 857. The average Bonchev–Trinajstić information content (AvgIpc) is 2.96. The van der Waals surface area contributed by atoms with Crippen molar-refractivity contribution < 1.29 is 9.21 Å². The molecular weight excluding hydrogens is 288 g/mol. The summed E-state index contributed by atoms with van der Waals surface area (Å²) in [6.07, 6.45) is 0.609. The highest BCUT2D eigenvalue weighted by molar-refractivity contribution is 5.94. The molecule has 0 radical (unpaired) electrons. The number of hydrogen-bond donors (Lipinski definition) is 1. The van der Waals surface area contributed by atoms with Crippen molar-refractivity contribution in [2.24, 2.45) is 0 Å². The molecule has 1 N–H and O–H groups in total. The van der Waals surface area contributed by atoms with Crippen LogP contribution in [-0.4, -0.2) is 11.9 Å². The third-order valence-electron chi connectivity index (χ3n) is 3.62. The SMILES string of the molecule is C[C@@H](Cc1cc2ccccc2o1)NC(=O)c1cccc(C#N)c1. The third kappa shape index (κ3) is 3.41. The van der Waals surface area contributed by atoms with Gasteiger partial charge in [0.1, 0.15) is 11.3 Å². The minimum absolute atomic E-state index is 0.0752. The maximum atomic E-state index is 12.2. The van der Waals surface area contributed by atoms with Crippen molar-refractivity contribution in [2.45, 2.75) is 19.4 Å². The van der Waals surface area contributed by atoms with Crippen molar-refractivity contribution in [3.05, 3.63) is 71.5 Å². The van der Waals surface area contributed by atoms with Gasteiger partial charge < -0.3 is 9.73 Å². The van der Waals surface area contributed by atoms with E-state index in [1.807, 2.05) is 43.3 Å². The highest BCUT2D eigenvalue weighted by atomic mass is 16.3. The molecule has 0 saturated heterocycles. The van der Waals surface area contributed by atoms with Gasteiger partial charge in [0, 0.05) is 23.4 Å². The van der Waals surface area contributed by atoms with Crippen LogP contribution in [-0.2, 0) is 6.42 Å². The van der Waals surface area contributed by atoms with E-state index in [0.717, 1.165) is 16.7 Å². The van der Waals surface area contributed by atoms with E-state index in [-0.39, 0.29) is 11.9 Å². The lowest BCUT2D eigenvalue weighted by molar-refractivity contribution is 0.0939. The summed E-state index contributed by atoms with van der Waals surface area (Å²) in [6, 6.07) is 18.4. The molecule has 0 spiro atoms. The van der Waals surface area contributed by atoms with Gasteiger partial charge in [0.15, 0.2) is 0 Å². The Morgan fingerprint density at radius 1 is 1.22 bits per heavy atom. The largest absolute Gasteiger partial charge is 0.461 e. The molecule has 0 aliphatic rings. The average molecular weight is 304 g/mol. The Hall–Kier alpha value is -3.06. The van der Waals surface area contributed by atoms with Crippen LogP contribution in [0.3, 0.4) is 0 Å². The van der Waals surface area contributed by atoms with Crippen LogP contribution >= 0.6 is 0 Å². The van der Waals surface area contributed by atoms with Crippen LogP contribution in [0.4, 0.5) is 0 Å². The molecule has 4 heteroatoms. The minimum Gasteiger partial charge on any atom is -0.461 e. The fourth-order valence-electron chi connectivity index (χ4n) is 2.53. The number of carbonyl (C=O) groups is 1. The lowest BCUT2D eigenvalue weighted by Gasteiger charge is -2.12. The van der Waals surface area contributed by atoms with Gasteiger partial charge in [-0.25, -0.2) is 0 Å². The van der Waals surface area contributed by atoms with Gasteiger partial charge >= 0.3 is 0 Å². The molecule has 1 heterocycles. The summed E-state index contributed by atoms with van der Waals surface area (Å²) in [5.74, 6) is 0.649. The highest BCUT2D eigenvalue weighted by Gasteiger charge is 2.13. The molecule has 1 atom stereocenters. The predicted molar refractivity (Wildman–Crippen MR) is 88.0 cm³/mol. The number of nitrogens with zero attached hydrogens (tertiary/aromatic N) is 1. The molecule has 0 aliphatic carbocycles. The molecule has 23 heavy (non-hydrogen) atoms. The summed E-state index contributed by atoms with van der Waals surface area (Å²) in [5.41, 5.74) is 1.81. The smallest absolute Gasteiger partial charge is 0.251 e.